The van der Waals surface area contributed by atoms with Gasteiger partial charge in [-0.3, -0.25) is 4.79 Å². The molecule has 0 unspecified atom stereocenters. The maximum atomic E-state index is 13.3. The summed E-state index contributed by atoms with van der Waals surface area (Å²) in [5, 5.41) is 6.10. The molecule has 0 aliphatic carbocycles. The van der Waals surface area contributed by atoms with Crippen LogP contribution in [0, 0.1) is 19.7 Å². The second-order valence-electron chi connectivity index (χ2n) is 5.94. The van der Waals surface area contributed by atoms with Crippen molar-refractivity contribution >= 4 is 34.7 Å². The number of carbonyl (C=O) groups is 1. The van der Waals surface area contributed by atoms with Crippen molar-refractivity contribution in [2.24, 2.45) is 0 Å². The van der Waals surface area contributed by atoms with Gasteiger partial charge in [-0.1, -0.05) is 23.7 Å². The maximum Gasteiger partial charge on any atom is 0.274 e. The van der Waals surface area contributed by atoms with Crippen LogP contribution in [0.1, 0.15) is 21.6 Å². The van der Waals surface area contributed by atoms with Gasteiger partial charge in [-0.2, -0.15) is 0 Å². The van der Waals surface area contributed by atoms with Gasteiger partial charge in [-0.25, -0.2) is 9.37 Å². The second-order valence-corrected chi connectivity index (χ2v) is 6.38. The van der Waals surface area contributed by atoms with Crippen LogP contribution in [0.15, 0.2) is 54.6 Å². The number of aromatic nitrogens is 1. The van der Waals surface area contributed by atoms with Crippen molar-refractivity contribution in [1.29, 1.82) is 0 Å². The van der Waals surface area contributed by atoms with Crippen LogP contribution in [-0.2, 0) is 0 Å². The SMILES string of the molecule is Cc1ccc(NC(=O)c2cc(Cl)cc(Nc3cccc(F)c3)n2)cc1C. The number of benzene rings is 2. The Balaban J connectivity index is 1.82. The van der Waals surface area contributed by atoms with Gasteiger partial charge in [0.2, 0.25) is 0 Å². The molecule has 0 atom stereocenters. The fourth-order valence-electron chi connectivity index (χ4n) is 2.41. The van der Waals surface area contributed by atoms with Crippen molar-refractivity contribution in [3.63, 3.8) is 0 Å². The van der Waals surface area contributed by atoms with Crippen LogP contribution in [0.4, 0.5) is 21.6 Å². The molecule has 0 aliphatic rings. The van der Waals surface area contributed by atoms with E-state index in [9.17, 15) is 9.18 Å². The fourth-order valence-corrected chi connectivity index (χ4v) is 2.61. The lowest BCUT2D eigenvalue weighted by Crippen LogP contribution is -2.14. The summed E-state index contributed by atoms with van der Waals surface area (Å²) < 4.78 is 13.3. The largest absolute Gasteiger partial charge is 0.340 e. The third kappa shape index (κ3) is 4.37. The first-order valence-corrected chi connectivity index (χ1v) is 8.37. The van der Waals surface area contributed by atoms with Gasteiger partial charge in [-0.05, 0) is 67.4 Å². The number of pyridine rings is 1. The molecule has 2 N–H and O–H groups in total. The molecule has 0 spiro atoms. The van der Waals surface area contributed by atoms with E-state index in [0.717, 1.165) is 11.1 Å². The molecule has 0 fully saturated rings. The Hall–Kier alpha value is -2.92. The molecule has 132 valence electrons. The van der Waals surface area contributed by atoms with E-state index in [2.05, 4.69) is 15.6 Å². The molecular weight excluding hydrogens is 353 g/mol. The molecule has 0 aliphatic heterocycles. The number of nitrogens with zero attached hydrogens (tertiary/aromatic N) is 1. The zero-order valence-electron chi connectivity index (χ0n) is 14.3. The number of halogens is 2. The van der Waals surface area contributed by atoms with Gasteiger partial charge >= 0.3 is 0 Å². The first-order chi connectivity index (χ1) is 12.4. The summed E-state index contributed by atoms with van der Waals surface area (Å²) in [4.78, 5) is 16.8. The van der Waals surface area contributed by atoms with Crippen LogP contribution in [0.5, 0.6) is 0 Å². The van der Waals surface area contributed by atoms with E-state index in [1.54, 1.807) is 18.2 Å². The van der Waals surface area contributed by atoms with Gasteiger partial charge in [0.15, 0.2) is 0 Å². The van der Waals surface area contributed by atoms with Crippen LogP contribution in [-0.4, -0.2) is 10.9 Å². The number of hydrogen-bond donors (Lipinski definition) is 2. The highest BCUT2D eigenvalue weighted by Gasteiger charge is 2.11. The third-order valence-electron chi connectivity index (χ3n) is 3.88. The number of anilines is 3. The van der Waals surface area contributed by atoms with Crippen molar-refractivity contribution in [1.82, 2.24) is 4.98 Å². The highest BCUT2D eigenvalue weighted by molar-refractivity contribution is 6.31. The smallest absolute Gasteiger partial charge is 0.274 e. The molecule has 6 heteroatoms. The molecule has 0 radical (unpaired) electrons. The fraction of sp³-hybridized carbons (Fsp3) is 0.100. The molecule has 1 amide bonds. The molecule has 3 aromatic rings. The standard InChI is InChI=1S/C20H17ClFN3O/c1-12-6-7-17(8-13(12)2)24-20(26)18-9-14(21)10-19(25-18)23-16-5-3-4-15(22)11-16/h3-11H,1-2H3,(H,23,25)(H,24,26). The van der Waals surface area contributed by atoms with E-state index in [4.69, 9.17) is 11.6 Å². The molecule has 26 heavy (non-hydrogen) atoms. The van der Waals surface area contributed by atoms with E-state index >= 15 is 0 Å². The number of nitrogens with one attached hydrogen (secondary N) is 2. The minimum absolute atomic E-state index is 0.162. The predicted octanol–water partition coefficient (Wildman–Crippen LogP) is 5.49. The Morgan fingerprint density at radius 3 is 2.54 bits per heavy atom. The minimum atomic E-state index is -0.377. The van der Waals surface area contributed by atoms with Crippen molar-refractivity contribution in [2.45, 2.75) is 13.8 Å². The molecule has 4 nitrogen and oxygen atoms in total. The molecular formula is C20H17ClFN3O. The molecule has 1 aromatic heterocycles. The van der Waals surface area contributed by atoms with Gasteiger partial charge in [0.05, 0.1) is 0 Å². The Morgan fingerprint density at radius 1 is 1.00 bits per heavy atom. The zero-order valence-corrected chi connectivity index (χ0v) is 15.1. The van der Waals surface area contributed by atoms with Gasteiger partial charge in [0.25, 0.3) is 5.91 Å². The number of aryl methyl sites for hydroxylation is 2. The molecule has 0 saturated carbocycles. The molecule has 1 heterocycles. The van der Waals surface area contributed by atoms with Gasteiger partial charge in [0.1, 0.15) is 17.3 Å². The van der Waals surface area contributed by atoms with Gasteiger partial charge < -0.3 is 10.6 Å². The van der Waals surface area contributed by atoms with Crippen molar-refractivity contribution < 1.29 is 9.18 Å². The summed E-state index contributed by atoms with van der Waals surface area (Å²) in [6.07, 6.45) is 0. The first-order valence-electron chi connectivity index (χ1n) is 7.99. The lowest BCUT2D eigenvalue weighted by molar-refractivity contribution is 0.102. The Kier molecular flexibility index (Phi) is 5.19. The Labute approximate surface area is 156 Å². The van der Waals surface area contributed by atoms with E-state index in [-0.39, 0.29) is 17.4 Å². The van der Waals surface area contributed by atoms with Gasteiger partial charge in [0, 0.05) is 16.4 Å². The highest BCUT2D eigenvalue weighted by Crippen LogP contribution is 2.21. The molecule has 0 saturated heterocycles. The molecule has 0 bridgehead atoms. The zero-order chi connectivity index (χ0) is 18.7. The first kappa shape index (κ1) is 17.9. The average molecular weight is 370 g/mol. The van der Waals surface area contributed by atoms with Crippen LogP contribution < -0.4 is 10.6 Å². The normalized spacial score (nSPS) is 10.5. The monoisotopic (exact) mass is 369 g/mol. The quantitative estimate of drug-likeness (QED) is 0.639. The van der Waals surface area contributed by atoms with Crippen LogP contribution in [0.25, 0.3) is 0 Å². The summed E-state index contributed by atoms with van der Waals surface area (Å²) in [5.74, 6) is -0.392. The summed E-state index contributed by atoms with van der Waals surface area (Å²) in [7, 11) is 0. The highest BCUT2D eigenvalue weighted by atomic mass is 35.5. The summed E-state index contributed by atoms with van der Waals surface area (Å²) in [6, 6.07) is 14.7. The van der Waals surface area contributed by atoms with Crippen LogP contribution in [0.2, 0.25) is 5.02 Å². The summed E-state index contributed by atoms with van der Waals surface area (Å²) in [6.45, 7) is 3.98. The lowest BCUT2D eigenvalue weighted by atomic mass is 10.1. The average Bonchev–Trinajstić information content (AvgIpc) is 2.57. The third-order valence-corrected chi connectivity index (χ3v) is 4.10. The topological polar surface area (TPSA) is 54.0 Å². The van der Waals surface area contributed by atoms with E-state index in [1.807, 2.05) is 32.0 Å². The van der Waals surface area contributed by atoms with Crippen LogP contribution in [0.3, 0.4) is 0 Å². The second kappa shape index (κ2) is 7.54. The van der Waals surface area contributed by atoms with E-state index in [1.165, 1.54) is 18.2 Å². The summed E-state index contributed by atoms with van der Waals surface area (Å²) in [5.41, 5.74) is 3.58. The van der Waals surface area contributed by atoms with Gasteiger partial charge in [-0.15, -0.1) is 0 Å². The Bertz CT molecular complexity index is 975. The number of rotatable bonds is 4. The van der Waals surface area contributed by atoms with Crippen molar-refractivity contribution in [3.8, 4) is 0 Å². The van der Waals surface area contributed by atoms with E-state index < -0.39 is 0 Å². The minimum Gasteiger partial charge on any atom is -0.340 e. The van der Waals surface area contributed by atoms with E-state index in [0.29, 0.717) is 22.2 Å². The lowest BCUT2D eigenvalue weighted by Gasteiger charge is -2.10. The number of hydrogen-bond acceptors (Lipinski definition) is 3. The predicted molar refractivity (Wildman–Crippen MR) is 103 cm³/mol. The maximum absolute atomic E-state index is 13.3. The Morgan fingerprint density at radius 2 is 1.81 bits per heavy atom. The molecule has 2 aromatic carbocycles. The number of amides is 1. The van der Waals surface area contributed by atoms with Crippen molar-refractivity contribution in [2.75, 3.05) is 10.6 Å². The molecule has 3 rings (SSSR count). The number of carbonyl (C=O) groups excluding carboxylic acids is 1. The van der Waals surface area contributed by atoms with Crippen LogP contribution >= 0.6 is 11.6 Å². The summed E-state index contributed by atoms with van der Waals surface area (Å²) >= 11 is 6.11. The van der Waals surface area contributed by atoms with Crippen molar-refractivity contribution in [3.05, 3.63) is 82.3 Å².